The highest BCUT2D eigenvalue weighted by atomic mass is 32.2. The van der Waals surface area contributed by atoms with Gasteiger partial charge in [-0.05, 0) is 36.8 Å². The Bertz CT molecular complexity index is 1100. The van der Waals surface area contributed by atoms with Gasteiger partial charge in [0, 0.05) is 39.3 Å². The third kappa shape index (κ3) is 4.94. The smallest absolute Gasteiger partial charge is 0.250 e. The number of benzene rings is 1. The third-order valence-electron chi connectivity index (χ3n) is 7.04. The highest BCUT2D eigenvalue weighted by molar-refractivity contribution is 7.89. The molecule has 10 nitrogen and oxygen atoms in total. The maximum atomic E-state index is 13.4. The van der Waals surface area contributed by atoms with E-state index < -0.39 is 21.3 Å². The van der Waals surface area contributed by atoms with Gasteiger partial charge in [0.15, 0.2) is 0 Å². The molecule has 1 aromatic rings. The van der Waals surface area contributed by atoms with E-state index in [1.54, 1.807) is 5.48 Å². The molecule has 0 atom stereocenters. The predicted octanol–water partition coefficient (Wildman–Crippen LogP) is 1.24. The van der Waals surface area contributed by atoms with Crippen LogP contribution in [0.4, 0.5) is 0 Å². The van der Waals surface area contributed by atoms with Crippen LogP contribution in [0.15, 0.2) is 41.4 Å². The first kappa shape index (κ1) is 24.2. The number of amides is 1. The summed E-state index contributed by atoms with van der Waals surface area (Å²) in [6.45, 7) is 2.99. The molecule has 0 bridgehead atoms. The van der Waals surface area contributed by atoms with Crippen molar-refractivity contribution in [3.05, 3.63) is 42.0 Å². The Morgan fingerprint density at radius 2 is 1.79 bits per heavy atom. The summed E-state index contributed by atoms with van der Waals surface area (Å²) in [4.78, 5) is 20.6. The number of piperidine rings is 1. The monoisotopic (exact) mass is 486 g/mol. The lowest BCUT2D eigenvalue weighted by molar-refractivity contribution is -0.140. The maximum absolute atomic E-state index is 13.4. The molecule has 1 amide bonds. The number of nitrogens with zero attached hydrogens (tertiary/aromatic N) is 5. The normalized spacial score (nSPS) is 21.3. The second-order valence-electron chi connectivity index (χ2n) is 9.02. The SMILES string of the molecule is N#C/N=C(/N1CCC1)N1CCC(CS(=O)(=O)N2CC=C(c3ccccc3)CC2)(C(=O)NO)CC1. The topological polar surface area (TPSA) is 129 Å². The van der Waals surface area contributed by atoms with Crippen LogP contribution >= 0.6 is 0 Å². The van der Waals surface area contributed by atoms with E-state index in [0.717, 1.165) is 30.6 Å². The molecule has 1 aromatic carbocycles. The van der Waals surface area contributed by atoms with Crippen LogP contribution in [0.2, 0.25) is 0 Å². The highest BCUT2D eigenvalue weighted by Crippen LogP contribution is 2.36. The molecule has 2 N–H and O–H groups in total. The van der Waals surface area contributed by atoms with E-state index in [1.807, 2.05) is 52.4 Å². The van der Waals surface area contributed by atoms with Crippen LogP contribution < -0.4 is 5.48 Å². The van der Waals surface area contributed by atoms with E-state index in [4.69, 9.17) is 5.26 Å². The molecule has 11 heteroatoms. The highest BCUT2D eigenvalue weighted by Gasteiger charge is 2.47. The Hall–Kier alpha value is -2.94. The number of aliphatic imine (C=N–C) groups is 1. The van der Waals surface area contributed by atoms with Gasteiger partial charge in [-0.15, -0.1) is 4.99 Å². The number of hydrogen-bond acceptors (Lipinski definition) is 6. The predicted molar refractivity (Wildman–Crippen MR) is 127 cm³/mol. The zero-order valence-electron chi connectivity index (χ0n) is 19.1. The third-order valence-corrected chi connectivity index (χ3v) is 9.08. The molecular weight excluding hydrogens is 456 g/mol. The largest absolute Gasteiger partial charge is 0.342 e. The molecule has 182 valence electrons. The van der Waals surface area contributed by atoms with Crippen LogP contribution in [0.1, 0.15) is 31.2 Å². The minimum absolute atomic E-state index is 0.232. The molecular formula is C23H30N6O4S. The molecule has 34 heavy (non-hydrogen) atoms. The molecule has 3 aliphatic rings. The molecule has 2 fully saturated rings. The zero-order valence-corrected chi connectivity index (χ0v) is 19.9. The number of sulfonamides is 1. The van der Waals surface area contributed by atoms with Gasteiger partial charge >= 0.3 is 0 Å². The van der Waals surface area contributed by atoms with Crippen molar-refractivity contribution < 1.29 is 18.4 Å². The number of carbonyl (C=O) groups excluding carboxylic acids is 1. The quantitative estimate of drug-likeness (QED) is 0.211. The van der Waals surface area contributed by atoms with Gasteiger partial charge in [0.1, 0.15) is 0 Å². The summed E-state index contributed by atoms with van der Waals surface area (Å²) in [6.07, 6.45) is 5.86. The van der Waals surface area contributed by atoms with Crippen molar-refractivity contribution in [1.29, 1.82) is 5.26 Å². The van der Waals surface area contributed by atoms with E-state index in [1.165, 1.54) is 4.31 Å². The van der Waals surface area contributed by atoms with Gasteiger partial charge in [-0.1, -0.05) is 36.4 Å². The molecule has 0 aliphatic carbocycles. The van der Waals surface area contributed by atoms with E-state index >= 15 is 0 Å². The van der Waals surface area contributed by atoms with Crippen LogP contribution in [0, 0.1) is 16.9 Å². The molecule has 4 rings (SSSR count). The van der Waals surface area contributed by atoms with Crippen LogP contribution in [-0.2, 0) is 14.8 Å². The van der Waals surface area contributed by atoms with Gasteiger partial charge in [-0.3, -0.25) is 10.0 Å². The van der Waals surface area contributed by atoms with Crippen molar-refractivity contribution in [1.82, 2.24) is 19.6 Å². The summed E-state index contributed by atoms with van der Waals surface area (Å²) in [5.74, 6) is -0.483. The minimum atomic E-state index is -3.75. The van der Waals surface area contributed by atoms with Crippen molar-refractivity contribution in [2.75, 3.05) is 45.0 Å². The van der Waals surface area contributed by atoms with E-state index in [2.05, 4.69) is 4.99 Å². The second kappa shape index (κ2) is 10.1. The van der Waals surface area contributed by atoms with E-state index in [9.17, 15) is 18.4 Å². The Balaban J connectivity index is 1.46. The van der Waals surface area contributed by atoms with Crippen molar-refractivity contribution in [2.45, 2.75) is 25.7 Å². The number of rotatable bonds is 5. The minimum Gasteiger partial charge on any atom is -0.342 e. The molecule has 3 heterocycles. The van der Waals surface area contributed by atoms with Crippen LogP contribution in [0.3, 0.4) is 0 Å². The molecule has 0 spiro atoms. The van der Waals surface area contributed by atoms with Gasteiger partial charge in [-0.2, -0.15) is 9.57 Å². The Kier molecular flexibility index (Phi) is 7.21. The number of guanidine groups is 1. The summed E-state index contributed by atoms with van der Waals surface area (Å²) in [5.41, 5.74) is 2.64. The molecule has 0 aromatic heterocycles. The fourth-order valence-corrected chi connectivity index (χ4v) is 6.82. The number of likely N-dealkylation sites (tertiary alicyclic amines) is 2. The summed E-state index contributed by atoms with van der Waals surface area (Å²) in [6, 6.07) is 9.87. The number of hydroxylamine groups is 1. The average molecular weight is 487 g/mol. The average Bonchev–Trinajstić information content (AvgIpc) is 2.83. The molecule has 3 aliphatic heterocycles. The lowest BCUT2D eigenvalue weighted by atomic mass is 9.79. The van der Waals surface area contributed by atoms with Crippen molar-refractivity contribution in [3.8, 4) is 6.19 Å². The summed E-state index contributed by atoms with van der Waals surface area (Å²) >= 11 is 0. The van der Waals surface area contributed by atoms with Gasteiger partial charge in [-0.25, -0.2) is 13.9 Å². The lowest BCUT2D eigenvalue weighted by Crippen LogP contribution is -2.58. The number of carbonyl (C=O) groups is 1. The summed E-state index contributed by atoms with van der Waals surface area (Å²) in [5, 5.41) is 18.5. The Morgan fingerprint density at radius 1 is 1.12 bits per heavy atom. The summed E-state index contributed by atoms with van der Waals surface area (Å²) < 4.78 is 28.1. The van der Waals surface area contributed by atoms with Crippen molar-refractivity contribution in [2.24, 2.45) is 10.4 Å². The van der Waals surface area contributed by atoms with Gasteiger partial charge in [0.05, 0.1) is 11.2 Å². The first-order chi connectivity index (χ1) is 16.4. The van der Waals surface area contributed by atoms with E-state index in [0.29, 0.717) is 32.0 Å². The van der Waals surface area contributed by atoms with Crippen molar-refractivity contribution >= 4 is 27.5 Å². The number of nitrogens with one attached hydrogen (secondary N) is 1. The van der Waals surface area contributed by atoms with Crippen LogP contribution in [0.25, 0.3) is 5.57 Å². The first-order valence-electron chi connectivity index (χ1n) is 11.5. The number of nitriles is 1. The van der Waals surface area contributed by atoms with Gasteiger partial charge < -0.3 is 9.80 Å². The Morgan fingerprint density at radius 3 is 2.32 bits per heavy atom. The van der Waals surface area contributed by atoms with Gasteiger partial charge in [0.25, 0.3) is 5.91 Å². The fourth-order valence-electron chi connectivity index (χ4n) is 4.85. The molecule has 0 saturated carbocycles. The molecule has 0 unspecified atom stereocenters. The van der Waals surface area contributed by atoms with Crippen LogP contribution in [-0.4, -0.2) is 84.6 Å². The Labute approximate surface area is 200 Å². The standard InChI is InChI=1S/C23H30N6O4S/c24-18-25-22(27-11-4-12-27)28-15-9-23(10-16-28,21(30)26-31)17-34(32,33)29-13-7-20(8-14-29)19-5-2-1-3-6-19/h1-3,5-7,31H,4,8-17H2,(H,26,30)/b25-22-. The zero-order chi connectivity index (χ0) is 24.2. The second-order valence-corrected chi connectivity index (χ2v) is 11.0. The summed E-state index contributed by atoms with van der Waals surface area (Å²) in [7, 11) is -3.75. The maximum Gasteiger partial charge on any atom is 0.250 e. The lowest BCUT2D eigenvalue weighted by Gasteiger charge is -2.45. The van der Waals surface area contributed by atoms with E-state index in [-0.39, 0.29) is 25.1 Å². The van der Waals surface area contributed by atoms with Crippen molar-refractivity contribution in [3.63, 3.8) is 0 Å². The van der Waals surface area contributed by atoms with Crippen LogP contribution in [0.5, 0.6) is 0 Å². The van der Waals surface area contributed by atoms with Gasteiger partial charge in [0.2, 0.25) is 22.2 Å². The first-order valence-corrected chi connectivity index (χ1v) is 13.1. The fraction of sp³-hybridized carbons (Fsp3) is 0.522. The number of hydrogen-bond donors (Lipinski definition) is 2. The molecule has 0 radical (unpaired) electrons. The molecule has 2 saturated heterocycles.